The van der Waals surface area contributed by atoms with Crippen molar-refractivity contribution in [3.63, 3.8) is 0 Å². The summed E-state index contributed by atoms with van der Waals surface area (Å²) >= 11 is 0. The van der Waals surface area contributed by atoms with Crippen molar-refractivity contribution in [1.82, 2.24) is 9.55 Å². The Balaban J connectivity index is 0.00000208. The normalized spacial score (nSPS) is 10.5. The highest BCUT2D eigenvalue weighted by Gasteiger charge is 2.17. The molecule has 0 unspecified atom stereocenters. The summed E-state index contributed by atoms with van der Waals surface area (Å²) in [4.78, 5) is 17.5. The van der Waals surface area contributed by atoms with Crippen molar-refractivity contribution in [2.45, 2.75) is 20.3 Å². The van der Waals surface area contributed by atoms with Gasteiger partial charge in [-0.25, -0.2) is 4.79 Å². The van der Waals surface area contributed by atoms with Crippen LogP contribution in [0.25, 0.3) is 10.9 Å². The van der Waals surface area contributed by atoms with E-state index in [0.29, 0.717) is 5.69 Å². The number of aryl methyl sites for hydroxylation is 2. The first kappa shape index (κ1) is 17.8. The first-order valence-corrected chi connectivity index (χ1v) is 7.62. The smallest absolute Gasteiger partial charge is 0.323 e. The zero-order valence-corrected chi connectivity index (χ0v) is 14.8. The third kappa shape index (κ3) is 2.83. The van der Waals surface area contributed by atoms with Gasteiger partial charge in [0, 0.05) is 36.0 Å². The number of aromatic nitrogens is 2. The average molecular weight is 345 g/mol. The lowest BCUT2D eigenvalue weighted by molar-refractivity contribution is 0.256. The van der Waals surface area contributed by atoms with E-state index in [-0.39, 0.29) is 12.4 Å². The molecule has 126 valence electrons. The Bertz CT molecular complexity index is 874. The summed E-state index contributed by atoms with van der Waals surface area (Å²) in [5, 5.41) is 1.16. The molecule has 0 spiro atoms. The van der Waals surface area contributed by atoms with Gasteiger partial charge in [0.15, 0.2) is 0 Å². The fraction of sp³-hybridized carbons (Fsp3) is 0.222. The number of carbonyl (C=O) groups excluding carboxylic acids is 1. The Morgan fingerprint density at radius 3 is 2.46 bits per heavy atom. The summed E-state index contributed by atoms with van der Waals surface area (Å²) in [6, 6.07) is 9.02. The number of anilines is 2. The number of hydrogen-bond acceptors (Lipinski definition) is 2. The van der Waals surface area contributed by atoms with Crippen LogP contribution in [0, 0.1) is 6.92 Å². The molecule has 0 radical (unpaired) electrons. The van der Waals surface area contributed by atoms with E-state index < -0.39 is 6.03 Å². The van der Waals surface area contributed by atoms with E-state index in [9.17, 15) is 4.79 Å². The van der Waals surface area contributed by atoms with E-state index >= 15 is 0 Å². The first-order valence-electron chi connectivity index (χ1n) is 7.62. The lowest BCUT2D eigenvalue weighted by Crippen LogP contribution is -2.31. The zero-order valence-electron chi connectivity index (χ0n) is 14.0. The van der Waals surface area contributed by atoms with Gasteiger partial charge in [-0.3, -0.25) is 9.88 Å². The van der Waals surface area contributed by atoms with Crippen LogP contribution in [-0.2, 0) is 13.5 Å². The molecule has 3 rings (SSSR count). The number of fused-ring (bicyclic) bond motifs is 1. The number of amides is 2. The van der Waals surface area contributed by atoms with Crippen LogP contribution in [0.1, 0.15) is 18.2 Å². The maximum Gasteiger partial charge on any atom is 0.323 e. The monoisotopic (exact) mass is 344 g/mol. The van der Waals surface area contributed by atoms with Gasteiger partial charge in [0.05, 0.1) is 11.4 Å². The standard InChI is InChI=1S/C18H20N4O.ClH/c1-4-15-12(2)21(3)17-6-5-14(11-16(15)17)22(18(19)23)13-7-9-20-10-8-13;/h5-11H,4H2,1-3H3,(H2,19,23);1H. The molecule has 2 aromatic heterocycles. The van der Waals surface area contributed by atoms with E-state index in [2.05, 4.69) is 30.4 Å². The number of rotatable bonds is 3. The van der Waals surface area contributed by atoms with Crippen molar-refractivity contribution < 1.29 is 4.79 Å². The number of hydrogen-bond donors (Lipinski definition) is 1. The largest absolute Gasteiger partial charge is 0.351 e. The highest BCUT2D eigenvalue weighted by atomic mass is 35.5. The molecule has 0 aliphatic carbocycles. The highest BCUT2D eigenvalue weighted by Crippen LogP contribution is 2.32. The summed E-state index contributed by atoms with van der Waals surface area (Å²) in [5.74, 6) is 0. The van der Waals surface area contributed by atoms with E-state index in [1.165, 1.54) is 16.2 Å². The van der Waals surface area contributed by atoms with Crippen LogP contribution >= 0.6 is 12.4 Å². The highest BCUT2D eigenvalue weighted by molar-refractivity contribution is 6.01. The molecule has 1 aromatic carbocycles. The van der Waals surface area contributed by atoms with Crippen LogP contribution < -0.4 is 10.6 Å². The van der Waals surface area contributed by atoms with Crippen molar-refractivity contribution in [3.05, 3.63) is 54.0 Å². The predicted octanol–water partition coefficient (Wildman–Crippen LogP) is 4.08. The summed E-state index contributed by atoms with van der Waals surface area (Å²) in [7, 11) is 2.06. The topological polar surface area (TPSA) is 64.2 Å². The number of urea groups is 1. The fourth-order valence-corrected chi connectivity index (χ4v) is 3.12. The molecule has 24 heavy (non-hydrogen) atoms. The second-order valence-electron chi connectivity index (χ2n) is 5.56. The molecule has 0 bridgehead atoms. The molecule has 0 atom stereocenters. The summed E-state index contributed by atoms with van der Waals surface area (Å²) in [5.41, 5.74) is 10.8. The van der Waals surface area contributed by atoms with Crippen LogP contribution in [-0.4, -0.2) is 15.6 Å². The molecule has 0 saturated carbocycles. The van der Waals surface area contributed by atoms with Crippen molar-refractivity contribution in [1.29, 1.82) is 0 Å². The quantitative estimate of drug-likeness (QED) is 0.778. The molecule has 5 nitrogen and oxygen atoms in total. The van der Waals surface area contributed by atoms with Crippen LogP contribution in [0.3, 0.4) is 0 Å². The Morgan fingerprint density at radius 2 is 1.88 bits per heavy atom. The summed E-state index contributed by atoms with van der Waals surface area (Å²) in [6.07, 6.45) is 4.24. The number of halogens is 1. The van der Waals surface area contributed by atoms with Gasteiger partial charge < -0.3 is 10.3 Å². The first-order chi connectivity index (χ1) is 11.0. The van der Waals surface area contributed by atoms with Crippen LogP contribution in [0.15, 0.2) is 42.7 Å². The maximum atomic E-state index is 12.0. The van der Waals surface area contributed by atoms with E-state index in [1.54, 1.807) is 24.5 Å². The van der Waals surface area contributed by atoms with E-state index in [4.69, 9.17) is 5.73 Å². The Kier molecular flexibility index (Phi) is 5.14. The molecule has 2 amide bonds. The number of benzene rings is 1. The number of pyridine rings is 1. The Morgan fingerprint density at radius 1 is 1.21 bits per heavy atom. The van der Waals surface area contributed by atoms with E-state index in [1.807, 2.05) is 18.2 Å². The van der Waals surface area contributed by atoms with Gasteiger partial charge >= 0.3 is 6.03 Å². The van der Waals surface area contributed by atoms with Gasteiger partial charge in [0.2, 0.25) is 0 Å². The third-order valence-electron chi connectivity index (χ3n) is 4.36. The third-order valence-corrected chi connectivity index (χ3v) is 4.36. The van der Waals surface area contributed by atoms with Gasteiger partial charge in [-0.2, -0.15) is 0 Å². The van der Waals surface area contributed by atoms with Crippen molar-refractivity contribution in [2.75, 3.05) is 4.90 Å². The summed E-state index contributed by atoms with van der Waals surface area (Å²) < 4.78 is 2.18. The average Bonchev–Trinajstić information content (AvgIpc) is 2.79. The SMILES string of the molecule is CCc1c(C)n(C)c2ccc(N(C(N)=O)c3ccncc3)cc12.Cl. The molecule has 0 aliphatic rings. The van der Waals surface area contributed by atoms with Gasteiger partial charge in [-0.15, -0.1) is 12.4 Å². The second kappa shape index (κ2) is 6.93. The Labute approximate surface area is 147 Å². The number of primary amides is 1. The lowest BCUT2D eigenvalue weighted by atomic mass is 10.1. The molecular formula is C18H21ClN4O. The molecule has 0 fully saturated rings. The fourth-order valence-electron chi connectivity index (χ4n) is 3.12. The van der Waals surface area contributed by atoms with Gasteiger partial charge in [0.1, 0.15) is 0 Å². The number of carbonyl (C=O) groups is 1. The minimum atomic E-state index is -0.513. The van der Waals surface area contributed by atoms with Crippen LogP contribution in [0.4, 0.5) is 16.2 Å². The minimum absolute atomic E-state index is 0. The molecular weight excluding hydrogens is 324 g/mol. The summed E-state index contributed by atoms with van der Waals surface area (Å²) in [6.45, 7) is 4.26. The maximum absolute atomic E-state index is 12.0. The minimum Gasteiger partial charge on any atom is -0.351 e. The molecule has 0 saturated heterocycles. The van der Waals surface area contributed by atoms with Crippen molar-refractivity contribution in [3.8, 4) is 0 Å². The number of nitrogens with zero attached hydrogens (tertiary/aromatic N) is 3. The Hall–Kier alpha value is -2.53. The van der Waals surface area contributed by atoms with Crippen molar-refractivity contribution >= 4 is 40.7 Å². The second-order valence-corrected chi connectivity index (χ2v) is 5.56. The molecule has 2 heterocycles. The number of nitrogens with two attached hydrogens (primary N) is 1. The lowest BCUT2D eigenvalue weighted by Gasteiger charge is -2.20. The molecule has 3 aromatic rings. The van der Waals surface area contributed by atoms with Gasteiger partial charge in [0.25, 0.3) is 0 Å². The molecule has 2 N–H and O–H groups in total. The molecule has 6 heteroatoms. The predicted molar refractivity (Wildman–Crippen MR) is 100 cm³/mol. The van der Waals surface area contributed by atoms with Gasteiger partial charge in [-0.1, -0.05) is 6.92 Å². The van der Waals surface area contributed by atoms with Crippen LogP contribution in [0.2, 0.25) is 0 Å². The van der Waals surface area contributed by atoms with Crippen LogP contribution in [0.5, 0.6) is 0 Å². The zero-order chi connectivity index (χ0) is 16.6. The van der Waals surface area contributed by atoms with E-state index in [0.717, 1.165) is 23.0 Å². The van der Waals surface area contributed by atoms with Crippen molar-refractivity contribution in [2.24, 2.45) is 12.8 Å². The molecule has 0 aliphatic heterocycles. The van der Waals surface area contributed by atoms with Gasteiger partial charge in [-0.05, 0) is 49.2 Å².